The van der Waals surface area contributed by atoms with Crippen molar-refractivity contribution >= 4 is 40.5 Å². The van der Waals surface area contributed by atoms with E-state index in [1.54, 1.807) is 41.2 Å². The van der Waals surface area contributed by atoms with Crippen LogP contribution < -0.4 is 5.32 Å². The number of fused-ring (bicyclic) bond motifs is 2. The van der Waals surface area contributed by atoms with E-state index < -0.39 is 11.3 Å². The SMILES string of the molecule is CSc1ccc2c(c1)C(=O)N(C[C@@]1(c3cc4cnccc4o3)CC(=O)NC1=O)C2. The van der Waals surface area contributed by atoms with E-state index in [4.69, 9.17) is 4.42 Å². The Labute approximate surface area is 170 Å². The fourth-order valence-corrected chi connectivity index (χ4v) is 4.53. The van der Waals surface area contributed by atoms with Crippen molar-refractivity contribution in [1.82, 2.24) is 15.2 Å². The number of rotatable bonds is 4. The van der Waals surface area contributed by atoms with Crippen LogP contribution in [0.1, 0.15) is 28.1 Å². The number of hydrogen-bond acceptors (Lipinski definition) is 6. The Morgan fingerprint density at radius 1 is 1.24 bits per heavy atom. The molecular formula is C21H17N3O4S. The summed E-state index contributed by atoms with van der Waals surface area (Å²) in [6, 6.07) is 9.25. The van der Waals surface area contributed by atoms with Crippen LogP contribution in [0.15, 0.2) is 52.0 Å². The van der Waals surface area contributed by atoms with Crippen molar-refractivity contribution in [2.45, 2.75) is 23.3 Å². The van der Waals surface area contributed by atoms with Crippen molar-refractivity contribution in [2.24, 2.45) is 0 Å². The first-order chi connectivity index (χ1) is 14.0. The topological polar surface area (TPSA) is 92.5 Å². The third-order valence-electron chi connectivity index (χ3n) is 5.59. The quantitative estimate of drug-likeness (QED) is 0.528. The zero-order valence-electron chi connectivity index (χ0n) is 15.6. The van der Waals surface area contributed by atoms with Gasteiger partial charge in [-0.05, 0) is 36.1 Å². The zero-order valence-corrected chi connectivity index (χ0v) is 16.4. The Morgan fingerprint density at radius 2 is 2.10 bits per heavy atom. The van der Waals surface area contributed by atoms with Gasteiger partial charge >= 0.3 is 0 Å². The number of nitrogens with zero attached hydrogens (tertiary/aromatic N) is 2. The number of hydrogen-bond donors (Lipinski definition) is 1. The number of amides is 3. The lowest BCUT2D eigenvalue weighted by molar-refractivity contribution is -0.126. The molecule has 7 nitrogen and oxygen atoms in total. The molecule has 0 unspecified atom stereocenters. The van der Waals surface area contributed by atoms with Crippen molar-refractivity contribution in [3.05, 3.63) is 59.6 Å². The van der Waals surface area contributed by atoms with E-state index >= 15 is 0 Å². The largest absolute Gasteiger partial charge is 0.460 e. The number of thioether (sulfide) groups is 1. The first-order valence-corrected chi connectivity index (χ1v) is 10.4. The van der Waals surface area contributed by atoms with Gasteiger partial charge in [-0.1, -0.05) is 6.07 Å². The summed E-state index contributed by atoms with van der Waals surface area (Å²) in [6.45, 7) is 0.466. The van der Waals surface area contributed by atoms with Gasteiger partial charge in [0.2, 0.25) is 11.8 Å². The summed E-state index contributed by atoms with van der Waals surface area (Å²) in [6.07, 6.45) is 5.14. The number of furan rings is 1. The molecule has 0 bridgehead atoms. The highest BCUT2D eigenvalue weighted by Gasteiger charge is 2.53. The number of imide groups is 1. The molecule has 1 atom stereocenters. The minimum absolute atomic E-state index is 0.0602. The van der Waals surface area contributed by atoms with Crippen LogP contribution in [-0.4, -0.2) is 40.4 Å². The van der Waals surface area contributed by atoms with Crippen LogP contribution in [0, 0.1) is 0 Å². The normalized spacial score (nSPS) is 21.1. The van der Waals surface area contributed by atoms with Gasteiger partial charge in [-0.3, -0.25) is 24.7 Å². The molecule has 1 fully saturated rings. The molecule has 5 rings (SSSR count). The highest BCUT2D eigenvalue weighted by atomic mass is 32.2. The van der Waals surface area contributed by atoms with Gasteiger partial charge in [0.15, 0.2) is 0 Å². The summed E-state index contributed by atoms with van der Waals surface area (Å²) in [7, 11) is 0. The molecule has 2 aliphatic rings. The third-order valence-corrected chi connectivity index (χ3v) is 6.32. The number of aromatic nitrogens is 1. The van der Waals surface area contributed by atoms with Crippen molar-refractivity contribution in [2.75, 3.05) is 12.8 Å². The van der Waals surface area contributed by atoms with Crippen LogP contribution in [0.25, 0.3) is 11.0 Å². The Bertz CT molecular complexity index is 1150. The van der Waals surface area contributed by atoms with Gasteiger partial charge in [0, 0.05) is 41.3 Å². The molecule has 1 N–H and O–H groups in total. The van der Waals surface area contributed by atoms with Gasteiger partial charge in [-0.15, -0.1) is 11.8 Å². The second-order valence-corrected chi connectivity index (χ2v) is 8.22. The van der Waals surface area contributed by atoms with E-state index in [0.29, 0.717) is 23.5 Å². The summed E-state index contributed by atoms with van der Waals surface area (Å²) in [5.41, 5.74) is 0.894. The van der Waals surface area contributed by atoms with Crippen LogP contribution >= 0.6 is 11.8 Å². The minimum atomic E-state index is -1.25. The molecule has 0 aliphatic carbocycles. The fraction of sp³-hybridized carbons (Fsp3) is 0.238. The summed E-state index contributed by atoms with van der Waals surface area (Å²) >= 11 is 1.57. The molecule has 1 aromatic carbocycles. The van der Waals surface area contributed by atoms with Gasteiger partial charge in [0.1, 0.15) is 16.8 Å². The summed E-state index contributed by atoms with van der Waals surface area (Å²) in [5, 5.41) is 3.13. The lowest BCUT2D eigenvalue weighted by atomic mass is 9.82. The van der Waals surface area contributed by atoms with Crippen molar-refractivity contribution in [3.63, 3.8) is 0 Å². The molecule has 2 aromatic heterocycles. The van der Waals surface area contributed by atoms with E-state index in [9.17, 15) is 14.4 Å². The van der Waals surface area contributed by atoms with Crippen molar-refractivity contribution in [3.8, 4) is 0 Å². The van der Waals surface area contributed by atoms with Gasteiger partial charge in [0.25, 0.3) is 5.91 Å². The maximum atomic E-state index is 13.0. The van der Waals surface area contributed by atoms with E-state index in [-0.39, 0.29) is 24.8 Å². The van der Waals surface area contributed by atoms with Crippen LogP contribution in [0.5, 0.6) is 0 Å². The molecular weight excluding hydrogens is 390 g/mol. The van der Waals surface area contributed by atoms with Crippen molar-refractivity contribution in [1.29, 1.82) is 0 Å². The maximum absolute atomic E-state index is 13.0. The number of carbonyl (C=O) groups is 3. The second-order valence-electron chi connectivity index (χ2n) is 7.34. The Kier molecular flexibility index (Phi) is 3.99. The smallest absolute Gasteiger partial charge is 0.254 e. The number of benzene rings is 1. The molecule has 146 valence electrons. The number of pyridine rings is 1. The van der Waals surface area contributed by atoms with Gasteiger partial charge in [-0.2, -0.15) is 0 Å². The first-order valence-electron chi connectivity index (χ1n) is 9.15. The lowest BCUT2D eigenvalue weighted by Gasteiger charge is -2.28. The third kappa shape index (κ3) is 2.74. The molecule has 0 saturated carbocycles. The molecule has 3 aromatic rings. The number of carbonyl (C=O) groups excluding carboxylic acids is 3. The molecule has 8 heteroatoms. The Hall–Kier alpha value is -3.13. The van der Waals surface area contributed by atoms with E-state index in [2.05, 4.69) is 10.3 Å². The van der Waals surface area contributed by atoms with Gasteiger partial charge in [0.05, 0.1) is 6.42 Å². The Morgan fingerprint density at radius 3 is 2.83 bits per heavy atom. The van der Waals surface area contributed by atoms with Crippen LogP contribution in [-0.2, 0) is 21.5 Å². The maximum Gasteiger partial charge on any atom is 0.254 e. The fourth-order valence-electron chi connectivity index (χ4n) is 4.09. The highest BCUT2D eigenvalue weighted by molar-refractivity contribution is 7.98. The van der Waals surface area contributed by atoms with E-state index in [1.807, 2.05) is 24.5 Å². The van der Waals surface area contributed by atoms with Gasteiger partial charge < -0.3 is 9.32 Å². The molecule has 4 heterocycles. The second kappa shape index (κ2) is 6.45. The van der Waals surface area contributed by atoms with Gasteiger partial charge in [-0.25, -0.2) is 0 Å². The standard InChI is InChI=1S/C21H17N3O4S/c1-29-14-3-2-12-10-24(19(26)15(12)7-14)11-21(8-18(25)23-20(21)27)17-6-13-9-22-5-4-16(13)28-17/h2-7,9H,8,10-11H2,1H3,(H,23,25,27)/t21-/m1/s1. The number of nitrogens with one attached hydrogen (secondary N) is 1. The zero-order chi connectivity index (χ0) is 20.2. The highest BCUT2D eigenvalue weighted by Crippen LogP contribution is 2.39. The predicted molar refractivity (Wildman–Crippen MR) is 106 cm³/mol. The van der Waals surface area contributed by atoms with Crippen LogP contribution in [0.4, 0.5) is 0 Å². The average Bonchev–Trinajstić information content (AvgIpc) is 3.36. The van der Waals surface area contributed by atoms with E-state index in [1.165, 1.54) is 0 Å². The first kappa shape index (κ1) is 17.9. The Balaban J connectivity index is 1.54. The molecule has 29 heavy (non-hydrogen) atoms. The lowest BCUT2D eigenvalue weighted by Crippen LogP contribution is -2.46. The van der Waals surface area contributed by atoms with E-state index in [0.717, 1.165) is 15.8 Å². The monoisotopic (exact) mass is 407 g/mol. The molecule has 2 aliphatic heterocycles. The average molecular weight is 407 g/mol. The minimum Gasteiger partial charge on any atom is -0.460 e. The van der Waals surface area contributed by atoms with Crippen LogP contribution in [0.2, 0.25) is 0 Å². The summed E-state index contributed by atoms with van der Waals surface area (Å²) < 4.78 is 5.94. The van der Waals surface area contributed by atoms with Crippen molar-refractivity contribution < 1.29 is 18.8 Å². The molecule has 0 radical (unpaired) electrons. The predicted octanol–water partition coefficient (Wildman–Crippen LogP) is 2.49. The summed E-state index contributed by atoms with van der Waals surface area (Å²) in [5.74, 6) is -0.580. The van der Waals surface area contributed by atoms with Crippen LogP contribution in [0.3, 0.4) is 0 Å². The molecule has 0 spiro atoms. The molecule has 3 amide bonds. The molecule has 1 saturated heterocycles. The summed E-state index contributed by atoms with van der Waals surface area (Å²) in [4.78, 5) is 44.8.